The highest BCUT2D eigenvalue weighted by Crippen LogP contribution is 2.37. The molecule has 9 heteroatoms. The number of halogens is 1. The number of carbonyl (C=O) groups is 1. The Balaban J connectivity index is 2.46. The van der Waals surface area contributed by atoms with Crippen LogP contribution in [0.5, 0.6) is 0 Å². The first kappa shape index (κ1) is 24.1. The molecule has 2 atom stereocenters. The summed E-state index contributed by atoms with van der Waals surface area (Å²) in [5.74, 6) is -1.65. The van der Waals surface area contributed by atoms with Crippen LogP contribution < -0.4 is 10.2 Å². The van der Waals surface area contributed by atoms with E-state index in [4.69, 9.17) is 9.31 Å². The van der Waals surface area contributed by atoms with E-state index in [1.54, 1.807) is 39.8 Å². The molecule has 0 bridgehead atoms. The quantitative estimate of drug-likeness (QED) is 0.536. The van der Waals surface area contributed by atoms with Crippen LogP contribution in [0.15, 0.2) is 12.1 Å². The molecule has 0 spiro atoms. The average molecular weight is 427 g/mol. The fourth-order valence-electron chi connectivity index (χ4n) is 2.89. The largest absolute Gasteiger partial charge is 0.598 e. The first-order chi connectivity index (χ1) is 13.0. The van der Waals surface area contributed by atoms with Crippen molar-refractivity contribution in [2.75, 3.05) is 0 Å². The Bertz CT molecular complexity index is 765. The number of nitrogens with one attached hydrogen (secondary N) is 1. The lowest BCUT2D eigenvalue weighted by Gasteiger charge is -2.32. The zero-order valence-electron chi connectivity index (χ0n) is 18.4. The minimum Gasteiger partial charge on any atom is -0.598 e. The van der Waals surface area contributed by atoms with Crippen molar-refractivity contribution < 1.29 is 28.2 Å². The number of hydrogen-bond donors (Lipinski definition) is 2. The topological polar surface area (TPSA) is 90.9 Å². The molecule has 1 aliphatic heterocycles. The highest BCUT2D eigenvalue weighted by atomic mass is 32.2. The van der Waals surface area contributed by atoms with Crippen molar-refractivity contribution >= 4 is 29.9 Å². The zero-order chi connectivity index (χ0) is 22.4. The lowest BCUT2D eigenvalue weighted by Crippen LogP contribution is -2.42. The molecule has 1 saturated heterocycles. The summed E-state index contributed by atoms with van der Waals surface area (Å²) in [7, 11) is -0.711. The van der Waals surface area contributed by atoms with Gasteiger partial charge in [0.1, 0.15) is 10.6 Å². The number of benzene rings is 1. The minimum atomic E-state index is -1.58. The summed E-state index contributed by atoms with van der Waals surface area (Å²) in [6.07, 6.45) is -0.412. The summed E-state index contributed by atoms with van der Waals surface area (Å²) in [5.41, 5.74) is -0.0593. The number of rotatable bonds is 6. The fraction of sp³-hybridized carbons (Fsp3) is 0.650. The van der Waals surface area contributed by atoms with Crippen LogP contribution in [0.4, 0.5) is 4.39 Å². The van der Waals surface area contributed by atoms with Gasteiger partial charge in [0.05, 0.1) is 23.7 Å². The van der Waals surface area contributed by atoms with Crippen LogP contribution in [0.2, 0.25) is 0 Å². The predicted molar refractivity (Wildman–Crippen MR) is 113 cm³/mol. The number of carboxylic acid groups (broad SMARTS) is 1. The van der Waals surface area contributed by atoms with Gasteiger partial charge in [-0.2, -0.15) is 0 Å². The van der Waals surface area contributed by atoms with Crippen molar-refractivity contribution in [3.63, 3.8) is 0 Å². The van der Waals surface area contributed by atoms with Crippen molar-refractivity contribution in [1.29, 1.82) is 0 Å². The molecule has 1 aromatic rings. The third-order valence-electron chi connectivity index (χ3n) is 5.39. The monoisotopic (exact) mass is 427 g/mol. The van der Waals surface area contributed by atoms with E-state index < -0.39 is 58.7 Å². The molecule has 1 aromatic carbocycles. The van der Waals surface area contributed by atoms with Crippen molar-refractivity contribution in [3.8, 4) is 0 Å². The Labute approximate surface area is 176 Å². The Kier molecular flexibility index (Phi) is 6.82. The van der Waals surface area contributed by atoms with Crippen molar-refractivity contribution in [3.05, 3.63) is 29.1 Å². The molecule has 2 rings (SSSR count). The maximum absolute atomic E-state index is 15.0. The molecule has 2 N–H and O–H groups in total. The molecule has 6 nitrogen and oxygen atoms in total. The van der Waals surface area contributed by atoms with Crippen LogP contribution in [0.25, 0.3) is 0 Å². The molecule has 1 fully saturated rings. The molecular formula is C20H31BFNO5S. The summed E-state index contributed by atoms with van der Waals surface area (Å²) >= 11 is -1.58. The van der Waals surface area contributed by atoms with Crippen molar-refractivity contribution in [1.82, 2.24) is 4.72 Å². The van der Waals surface area contributed by atoms with Gasteiger partial charge in [0.25, 0.3) is 0 Å². The number of aliphatic carboxylic acids is 1. The molecule has 0 radical (unpaired) electrons. The van der Waals surface area contributed by atoms with Crippen LogP contribution in [0.3, 0.4) is 0 Å². The van der Waals surface area contributed by atoms with Crippen molar-refractivity contribution in [2.45, 2.75) is 83.8 Å². The Morgan fingerprint density at radius 2 is 1.79 bits per heavy atom. The summed E-state index contributed by atoms with van der Waals surface area (Å²) in [6, 6.07) is 2.22. The third kappa shape index (κ3) is 5.33. The van der Waals surface area contributed by atoms with Crippen LogP contribution in [-0.4, -0.2) is 38.7 Å². The Hall–Kier alpha value is -1.13. The summed E-state index contributed by atoms with van der Waals surface area (Å²) in [6.45, 7) is 14.6. The normalized spacial score (nSPS) is 20.6. The SMILES string of the molecule is Cc1cc(B2OC(C)(C)C(C)(C)O2)cc(C(CC(=O)O)N[S+]([O-])C(C)(C)C)c1F. The van der Waals surface area contributed by atoms with E-state index in [1.807, 2.05) is 27.7 Å². The molecule has 2 unspecified atom stereocenters. The molecule has 1 heterocycles. The fourth-order valence-corrected chi connectivity index (χ4v) is 3.71. The van der Waals surface area contributed by atoms with E-state index in [0.717, 1.165) is 0 Å². The first-order valence-corrected chi connectivity index (χ1v) is 10.8. The van der Waals surface area contributed by atoms with E-state index in [1.165, 1.54) is 0 Å². The second kappa shape index (κ2) is 8.19. The van der Waals surface area contributed by atoms with E-state index in [9.17, 15) is 14.5 Å². The molecule has 1 aliphatic rings. The van der Waals surface area contributed by atoms with Gasteiger partial charge in [-0.1, -0.05) is 12.1 Å². The molecule has 0 aromatic heterocycles. The van der Waals surface area contributed by atoms with Gasteiger partial charge < -0.3 is 19.0 Å². The average Bonchev–Trinajstić information content (AvgIpc) is 2.75. The first-order valence-electron chi connectivity index (χ1n) is 9.60. The van der Waals surface area contributed by atoms with Crippen molar-refractivity contribution in [2.24, 2.45) is 0 Å². The van der Waals surface area contributed by atoms with E-state index in [0.29, 0.717) is 11.0 Å². The van der Waals surface area contributed by atoms with Gasteiger partial charge >= 0.3 is 13.1 Å². The smallest absolute Gasteiger partial charge is 0.494 e. The summed E-state index contributed by atoms with van der Waals surface area (Å²) < 4.78 is 41.8. The molecule has 162 valence electrons. The highest BCUT2D eigenvalue weighted by molar-refractivity contribution is 7.90. The molecule has 0 aliphatic carbocycles. The lowest BCUT2D eigenvalue weighted by molar-refractivity contribution is -0.137. The van der Waals surface area contributed by atoms with Crippen LogP contribution in [0.1, 0.15) is 72.1 Å². The maximum atomic E-state index is 15.0. The van der Waals surface area contributed by atoms with Gasteiger partial charge in [-0.25, -0.2) is 4.39 Å². The molecular weight excluding hydrogens is 396 g/mol. The molecule has 0 saturated carbocycles. The van der Waals surface area contributed by atoms with E-state index in [-0.39, 0.29) is 5.56 Å². The lowest BCUT2D eigenvalue weighted by atomic mass is 9.76. The maximum Gasteiger partial charge on any atom is 0.494 e. The number of hydrogen-bond acceptors (Lipinski definition) is 5. The second-order valence-corrected chi connectivity index (χ2v) is 11.5. The van der Waals surface area contributed by atoms with Gasteiger partial charge in [-0.15, -0.1) is 4.72 Å². The van der Waals surface area contributed by atoms with Gasteiger partial charge in [-0.05, 0) is 66.4 Å². The standard InChI is InChI=1S/C20H31BFNO5S/c1-12-9-13(21-27-19(5,6)20(7,8)28-21)10-14(17(12)22)15(11-16(24)25)23-29(26)18(2,3)4/h9-10,15,23H,11H2,1-8H3,(H,24,25). The van der Waals surface area contributed by atoms with E-state index >= 15 is 4.39 Å². The summed E-state index contributed by atoms with van der Waals surface area (Å²) in [4.78, 5) is 11.4. The highest BCUT2D eigenvalue weighted by Gasteiger charge is 2.52. The van der Waals surface area contributed by atoms with Crippen LogP contribution in [-0.2, 0) is 25.5 Å². The second-order valence-electron chi connectivity index (χ2n) is 9.48. The molecule has 0 amide bonds. The minimum absolute atomic E-state index is 0.134. The predicted octanol–water partition coefficient (Wildman–Crippen LogP) is 3.00. The Morgan fingerprint density at radius 1 is 1.28 bits per heavy atom. The van der Waals surface area contributed by atoms with E-state index in [2.05, 4.69) is 4.72 Å². The molecule has 29 heavy (non-hydrogen) atoms. The number of aryl methyl sites for hydroxylation is 1. The van der Waals surface area contributed by atoms with Crippen LogP contribution >= 0.6 is 0 Å². The third-order valence-corrected chi connectivity index (χ3v) is 7.00. The van der Waals surface area contributed by atoms with Gasteiger partial charge in [-0.3, -0.25) is 4.79 Å². The van der Waals surface area contributed by atoms with Crippen LogP contribution in [0, 0.1) is 12.7 Å². The van der Waals surface area contributed by atoms with Gasteiger partial charge in [0.15, 0.2) is 0 Å². The zero-order valence-corrected chi connectivity index (χ0v) is 19.2. The number of carboxylic acids is 1. The Morgan fingerprint density at radius 3 is 2.24 bits per heavy atom. The summed E-state index contributed by atoms with van der Waals surface area (Å²) in [5, 5.41) is 9.33. The van der Waals surface area contributed by atoms with Gasteiger partial charge in [0.2, 0.25) is 0 Å². The van der Waals surface area contributed by atoms with Gasteiger partial charge in [0, 0.05) is 16.9 Å².